The summed E-state index contributed by atoms with van der Waals surface area (Å²) in [6.07, 6.45) is 2.07. The Labute approximate surface area is 228 Å². The van der Waals surface area contributed by atoms with Gasteiger partial charge in [0.1, 0.15) is 11.8 Å². The van der Waals surface area contributed by atoms with Crippen LogP contribution in [0.15, 0.2) is 42.5 Å². The SMILES string of the molecule is CC[C@H](C(=O)NCC(C)C)N(Cc1ccc(OC)cc1)C(=O)CCCN(c1cc(C)cc(C)c1)S(C)(=O)=O. The second-order valence-electron chi connectivity index (χ2n) is 10.2. The molecular weight excluding hydrogens is 502 g/mol. The third-order valence-electron chi connectivity index (χ3n) is 6.23. The molecule has 0 aromatic heterocycles. The molecule has 0 aliphatic carbocycles. The maximum absolute atomic E-state index is 13.5. The number of rotatable bonds is 14. The summed E-state index contributed by atoms with van der Waals surface area (Å²) >= 11 is 0. The number of benzene rings is 2. The van der Waals surface area contributed by atoms with Crippen LogP contribution in [0.2, 0.25) is 0 Å². The Morgan fingerprint density at radius 1 is 1.03 bits per heavy atom. The van der Waals surface area contributed by atoms with Gasteiger partial charge in [0.2, 0.25) is 21.8 Å². The zero-order chi connectivity index (χ0) is 28.5. The van der Waals surface area contributed by atoms with E-state index in [-0.39, 0.29) is 37.2 Å². The van der Waals surface area contributed by atoms with Gasteiger partial charge in [-0.05, 0) is 73.6 Å². The van der Waals surface area contributed by atoms with Crippen molar-refractivity contribution in [2.75, 3.05) is 30.8 Å². The minimum absolute atomic E-state index is 0.112. The summed E-state index contributed by atoms with van der Waals surface area (Å²) in [6, 6.07) is 12.4. The van der Waals surface area contributed by atoms with E-state index in [1.807, 2.05) is 77.1 Å². The first-order valence-electron chi connectivity index (χ1n) is 13.1. The average Bonchev–Trinajstić information content (AvgIpc) is 2.84. The molecular formula is C29H43N3O5S. The molecule has 2 rings (SSSR count). The highest BCUT2D eigenvalue weighted by atomic mass is 32.2. The normalized spacial score (nSPS) is 12.2. The number of hydrogen-bond acceptors (Lipinski definition) is 5. The molecule has 1 atom stereocenters. The van der Waals surface area contributed by atoms with E-state index in [0.29, 0.717) is 30.8 Å². The molecule has 0 fully saturated rings. The third kappa shape index (κ3) is 9.35. The van der Waals surface area contributed by atoms with Gasteiger partial charge in [0, 0.05) is 26.1 Å². The molecule has 1 N–H and O–H groups in total. The molecule has 0 spiro atoms. The number of carbonyl (C=O) groups is 2. The number of nitrogens with one attached hydrogen (secondary N) is 1. The standard InChI is InChI=1S/C29H43N3O5S/c1-8-27(29(34)30-19-21(2)3)31(20-24-11-13-26(37-6)14-12-24)28(33)10-9-15-32(38(7,35)36)25-17-22(4)16-23(5)18-25/h11-14,16-18,21,27H,8-10,15,19-20H2,1-7H3,(H,30,34)/t27-/m1/s1. The molecule has 9 heteroatoms. The number of carbonyl (C=O) groups excluding carboxylic acids is 2. The van der Waals surface area contributed by atoms with Crippen LogP contribution in [0.25, 0.3) is 0 Å². The monoisotopic (exact) mass is 545 g/mol. The highest BCUT2D eigenvalue weighted by Crippen LogP contribution is 2.23. The molecule has 2 amide bonds. The Hall–Kier alpha value is -3.07. The van der Waals surface area contributed by atoms with Crippen molar-refractivity contribution in [1.29, 1.82) is 0 Å². The van der Waals surface area contributed by atoms with E-state index in [1.165, 1.54) is 10.6 Å². The van der Waals surface area contributed by atoms with E-state index >= 15 is 0 Å². The number of sulfonamides is 1. The van der Waals surface area contributed by atoms with Gasteiger partial charge in [-0.3, -0.25) is 13.9 Å². The number of methoxy groups -OCH3 is 1. The van der Waals surface area contributed by atoms with Gasteiger partial charge in [0.05, 0.1) is 19.1 Å². The lowest BCUT2D eigenvalue weighted by molar-refractivity contribution is -0.141. The number of nitrogens with zero attached hydrogens (tertiary/aromatic N) is 2. The maximum Gasteiger partial charge on any atom is 0.242 e. The lowest BCUT2D eigenvalue weighted by Crippen LogP contribution is -2.49. The van der Waals surface area contributed by atoms with Gasteiger partial charge in [0.15, 0.2) is 0 Å². The second-order valence-corrected chi connectivity index (χ2v) is 12.1. The summed E-state index contributed by atoms with van der Waals surface area (Å²) in [5.74, 6) is 0.618. The van der Waals surface area contributed by atoms with Gasteiger partial charge in [-0.15, -0.1) is 0 Å². The zero-order valence-corrected chi connectivity index (χ0v) is 24.6. The summed E-state index contributed by atoms with van der Waals surface area (Å²) in [5, 5.41) is 2.96. The van der Waals surface area contributed by atoms with Gasteiger partial charge < -0.3 is 15.0 Å². The molecule has 0 saturated heterocycles. The molecule has 0 saturated carbocycles. The quantitative estimate of drug-likeness (QED) is 0.379. The van der Waals surface area contributed by atoms with E-state index in [0.717, 1.165) is 16.7 Å². The number of amides is 2. The average molecular weight is 546 g/mol. The molecule has 0 radical (unpaired) electrons. The van der Waals surface area contributed by atoms with Crippen LogP contribution >= 0.6 is 0 Å². The summed E-state index contributed by atoms with van der Waals surface area (Å²) in [4.78, 5) is 28.2. The van der Waals surface area contributed by atoms with Crippen molar-refractivity contribution in [2.45, 2.75) is 66.5 Å². The lowest BCUT2D eigenvalue weighted by atomic mass is 10.1. The number of hydrogen-bond donors (Lipinski definition) is 1. The van der Waals surface area contributed by atoms with E-state index in [9.17, 15) is 18.0 Å². The molecule has 2 aromatic carbocycles. The summed E-state index contributed by atoms with van der Waals surface area (Å²) < 4.78 is 31.8. The second kappa shape index (κ2) is 14.2. The molecule has 2 aromatic rings. The summed E-state index contributed by atoms with van der Waals surface area (Å²) in [7, 11) is -1.95. The van der Waals surface area contributed by atoms with Crippen molar-refractivity contribution in [3.63, 3.8) is 0 Å². The molecule has 210 valence electrons. The van der Waals surface area contributed by atoms with E-state index in [4.69, 9.17) is 4.74 Å². The molecule has 0 aliphatic rings. The Balaban J connectivity index is 2.24. The fourth-order valence-corrected chi connectivity index (χ4v) is 5.32. The fraction of sp³-hybridized carbons (Fsp3) is 0.517. The lowest BCUT2D eigenvalue weighted by Gasteiger charge is -2.31. The Bertz CT molecular complexity index is 1160. The van der Waals surface area contributed by atoms with Gasteiger partial charge >= 0.3 is 0 Å². The smallest absolute Gasteiger partial charge is 0.242 e. The van der Waals surface area contributed by atoms with E-state index < -0.39 is 16.1 Å². The largest absolute Gasteiger partial charge is 0.497 e. The third-order valence-corrected chi connectivity index (χ3v) is 7.42. The van der Waals surface area contributed by atoms with Crippen LogP contribution in [0.5, 0.6) is 5.75 Å². The van der Waals surface area contributed by atoms with Crippen LogP contribution in [0.1, 0.15) is 56.7 Å². The summed E-state index contributed by atoms with van der Waals surface area (Å²) in [5.41, 5.74) is 3.40. The van der Waals surface area contributed by atoms with Crippen molar-refractivity contribution >= 4 is 27.5 Å². The number of aryl methyl sites for hydroxylation is 2. The first-order valence-corrected chi connectivity index (χ1v) is 15.0. The summed E-state index contributed by atoms with van der Waals surface area (Å²) in [6.45, 7) is 10.7. The van der Waals surface area contributed by atoms with Gasteiger partial charge in [0.25, 0.3) is 0 Å². The number of anilines is 1. The van der Waals surface area contributed by atoms with E-state index in [1.54, 1.807) is 12.0 Å². The molecule has 38 heavy (non-hydrogen) atoms. The van der Waals surface area contributed by atoms with Gasteiger partial charge in [-0.2, -0.15) is 0 Å². The predicted molar refractivity (Wildman–Crippen MR) is 153 cm³/mol. The first kappa shape index (κ1) is 31.1. The Kier molecular flexibility index (Phi) is 11.6. The Morgan fingerprint density at radius 2 is 1.63 bits per heavy atom. The first-order chi connectivity index (χ1) is 17.8. The highest BCUT2D eigenvalue weighted by molar-refractivity contribution is 7.92. The van der Waals surface area contributed by atoms with Crippen LogP contribution in [-0.4, -0.2) is 57.6 Å². The Morgan fingerprint density at radius 3 is 2.13 bits per heavy atom. The molecule has 0 bridgehead atoms. The van der Waals surface area contributed by atoms with Crippen LogP contribution in [0, 0.1) is 19.8 Å². The molecule has 8 nitrogen and oxygen atoms in total. The van der Waals surface area contributed by atoms with Crippen LogP contribution < -0.4 is 14.4 Å². The zero-order valence-electron chi connectivity index (χ0n) is 23.8. The van der Waals surface area contributed by atoms with Crippen LogP contribution in [0.4, 0.5) is 5.69 Å². The molecule has 0 unspecified atom stereocenters. The van der Waals surface area contributed by atoms with Crippen molar-refractivity contribution in [2.24, 2.45) is 5.92 Å². The van der Waals surface area contributed by atoms with Crippen molar-refractivity contribution < 1.29 is 22.7 Å². The van der Waals surface area contributed by atoms with Crippen LogP contribution in [0.3, 0.4) is 0 Å². The molecule has 0 heterocycles. The maximum atomic E-state index is 13.5. The number of ether oxygens (including phenoxy) is 1. The van der Waals surface area contributed by atoms with Crippen molar-refractivity contribution in [3.8, 4) is 5.75 Å². The van der Waals surface area contributed by atoms with Crippen molar-refractivity contribution in [3.05, 3.63) is 59.2 Å². The fourth-order valence-electron chi connectivity index (χ4n) is 4.37. The van der Waals surface area contributed by atoms with Crippen LogP contribution in [-0.2, 0) is 26.2 Å². The van der Waals surface area contributed by atoms with Crippen molar-refractivity contribution in [1.82, 2.24) is 10.2 Å². The highest BCUT2D eigenvalue weighted by Gasteiger charge is 2.29. The topological polar surface area (TPSA) is 96.0 Å². The predicted octanol–water partition coefficient (Wildman–Crippen LogP) is 4.44. The van der Waals surface area contributed by atoms with Gasteiger partial charge in [-0.25, -0.2) is 8.42 Å². The molecule has 0 aliphatic heterocycles. The minimum Gasteiger partial charge on any atom is -0.497 e. The van der Waals surface area contributed by atoms with Gasteiger partial charge in [-0.1, -0.05) is 39.0 Å². The van der Waals surface area contributed by atoms with E-state index in [2.05, 4.69) is 5.32 Å². The minimum atomic E-state index is -3.54.